The van der Waals surface area contributed by atoms with Crippen molar-refractivity contribution in [3.63, 3.8) is 0 Å². The number of sulfonamides is 1. The molecule has 0 bridgehead atoms. The van der Waals surface area contributed by atoms with Gasteiger partial charge >= 0.3 is 0 Å². The van der Waals surface area contributed by atoms with E-state index in [1.807, 2.05) is 13.8 Å². The lowest BCUT2D eigenvalue weighted by molar-refractivity contribution is -0.116. The lowest BCUT2D eigenvalue weighted by atomic mass is 10.2. The molecule has 0 saturated carbocycles. The number of carbonyl (C=O) groups excluding carboxylic acids is 2. The summed E-state index contributed by atoms with van der Waals surface area (Å²) in [6.07, 6.45) is 1.08. The van der Waals surface area contributed by atoms with E-state index < -0.39 is 15.9 Å². The first-order chi connectivity index (χ1) is 10.6. The minimum absolute atomic E-state index is 0.112. The van der Waals surface area contributed by atoms with Gasteiger partial charge in [0.2, 0.25) is 21.8 Å². The maximum absolute atomic E-state index is 12.1. The number of rotatable bonds is 7. The Morgan fingerprint density at radius 1 is 1.17 bits per heavy atom. The van der Waals surface area contributed by atoms with Crippen LogP contribution in [0.25, 0.3) is 0 Å². The molecule has 0 aliphatic carbocycles. The van der Waals surface area contributed by atoms with Crippen LogP contribution in [0.4, 0.5) is 11.4 Å². The molecule has 1 aromatic carbocycles. The first-order valence-electron chi connectivity index (χ1n) is 7.20. The molecule has 0 atom stereocenters. The third kappa shape index (κ3) is 7.25. The van der Waals surface area contributed by atoms with Gasteiger partial charge in [0.05, 0.1) is 12.8 Å². The number of hydrogen-bond acceptors (Lipinski definition) is 4. The predicted molar refractivity (Wildman–Crippen MR) is 90.6 cm³/mol. The van der Waals surface area contributed by atoms with Gasteiger partial charge in [0, 0.05) is 24.8 Å². The summed E-state index contributed by atoms with van der Waals surface area (Å²) < 4.78 is 24.6. The Morgan fingerprint density at radius 3 is 2.22 bits per heavy atom. The molecule has 0 unspecified atom stereocenters. The number of nitrogens with one attached hydrogen (secondary N) is 2. The zero-order chi connectivity index (χ0) is 17.6. The SMILES string of the molecule is CC(=O)Nc1cccc(NC(=O)CN(CC(C)C)S(C)(=O)=O)c1. The van der Waals surface area contributed by atoms with Gasteiger partial charge < -0.3 is 10.6 Å². The molecule has 128 valence electrons. The molecule has 0 heterocycles. The van der Waals surface area contributed by atoms with E-state index in [2.05, 4.69) is 10.6 Å². The second-order valence-corrected chi connectivity index (χ2v) is 7.74. The molecule has 1 aromatic rings. The largest absolute Gasteiger partial charge is 0.326 e. The Morgan fingerprint density at radius 2 is 1.74 bits per heavy atom. The quantitative estimate of drug-likeness (QED) is 0.785. The third-order valence-corrected chi connectivity index (χ3v) is 4.04. The number of benzene rings is 1. The summed E-state index contributed by atoms with van der Waals surface area (Å²) in [5, 5.41) is 5.25. The van der Waals surface area contributed by atoms with Gasteiger partial charge in [0.1, 0.15) is 0 Å². The minimum atomic E-state index is -3.46. The van der Waals surface area contributed by atoms with Crippen molar-refractivity contribution in [3.8, 4) is 0 Å². The molecule has 0 saturated heterocycles. The molecule has 0 aliphatic rings. The normalized spacial score (nSPS) is 11.6. The molecule has 0 radical (unpaired) electrons. The second kappa shape index (κ2) is 8.07. The Labute approximate surface area is 137 Å². The van der Waals surface area contributed by atoms with Crippen LogP contribution >= 0.6 is 0 Å². The van der Waals surface area contributed by atoms with E-state index in [0.29, 0.717) is 11.4 Å². The molecule has 2 N–H and O–H groups in total. The fourth-order valence-electron chi connectivity index (χ4n) is 1.96. The van der Waals surface area contributed by atoms with Crippen LogP contribution in [0.15, 0.2) is 24.3 Å². The minimum Gasteiger partial charge on any atom is -0.326 e. The van der Waals surface area contributed by atoms with E-state index in [0.717, 1.165) is 10.6 Å². The number of nitrogens with zero attached hydrogens (tertiary/aromatic N) is 1. The summed E-state index contributed by atoms with van der Waals surface area (Å²) in [6, 6.07) is 6.64. The smallest absolute Gasteiger partial charge is 0.239 e. The van der Waals surface area contributed by atoms with Gasteiger partial charge in [-0.25, -0.2) is 8.42 Å². The predicted octanol–water partition coefficient (Wildman–Crippen LogP) is 1.50. The maximum atomic E-state index is 12.1. The van der Waals surface area contributed by atoms with E-state index in [-0.39, 0.29) is 24.9 Å². The van der Waals surface area contributed by atoms with Crippen LogP contribution < -0.4 is 10.6 Å². The van der Waals surface area contributed by atoms with Crippen LogP contribution in [0, 0.1) is 5.92 Å². The molecule has 0 fully saturated rings. The van der Waals surface area contributed by atoms with Crippen molar-refractivity contribution >= 4 is 33.2 Å². The molecular weight excluding hydrogens is 318 g/mol. The number of carbonyl (C=O) groups is 2. The summed E-state index contributed by atoms with van der Waals surface area (Å²) in [5.41, 5.74) is 1.04. The monoisotopic (exact) mass is 341 g/mol. The van der Waals surface area contributed by atoms with Gasteiger partial charge in [-0.15, -0.1) is 0 Å². The Balaban J connectivity index is 2.76. The summed E-state index contributed by atoms with van der Waals surface area (Å²) in [6.45, 7) is 5.18. The average Bonchev–Trinajstić information content (AvgIpc) is 2.35. The first kappa shape index (κ1) is 19.1. The van der Waals surface area contributed by atoms with Crippen LogP contribution in [0.1, 0.15) is 20.8 Å². The fraction of sp³-hybridized carbons (Fsp3) is 0.467. The zero-order valence-corrected chi connectivity index (χ0v) is 14.6. The zero-order valence-electron chi connectivity index (χ0n) is 13.8. The number of hydrogen-bond donors (Lipinski definition) is 2. The lowest BCUT2D eigenvalue weighted by Crippen LogP contribution is -2.39. The van der Waals surface area contributed by atoms with Crippen molar-refractivity contribution in [2.75, 3.05) is 30.0 Å². The van der Waals surface area contributed by atoms with E-state index in [1.54, 1.807) is 24.3 Å². The number of anilines is 2. The fourth-order valence-corrected chi connectivity index (χ4v) is 2.88. The Kier molecular flexibility index (Phi) is 6.71. The van der Waals surface area contributed by atoms with Crippen LogP contribution in [-0.4, -0.2) is 43.9 Å². The molecule has 0 aromatic heterocycles. The van der Waals surface area contributed by atoms with Crippen molar-refractivity contribution in [1.82, 2.24) is 4.31 Å². The van der Waals surface area contributed by atoms with E-state index >= 15 is 0 Å². The Bertz CT molecular complexity index is 671. The van der Waals surface area contributed by atoms with Gasteiger partial charge in [-0.3, -0.25) is 9.59 Å². The highest BCUT2D eigenvalue weighted by Crippen LogP contribution is 2.15. The highest BCUT2D eigenvalue weighted by Gasteiger charge is 2.21. The molecule has 8 heteroatoms. The van der Waals surface area contributed by atoms with Crippen molar-refractivity contribution in [1.29, 1.82) is 0 Å². The molecule has 0 aliphatic heterocycles. The Hall–Kier alpha value is -1.93. The topological polar surface area (TPSA) is 95.6 Å². The van der Waals surface area contributed by atoms with Gasteiger partial charge in [0.25, 0.3) is 0 Å². The van der Waals surface area contributed by atoms with Crippen molar-refractivity contribution < 1.29 is 18.0 Å². The second-order valence-electron chi connectivity index (χ2n) is 5.76. The van der Waals surface area contributed by atoms with E-state index in [4.69, 9.17) is 0 Å². The van der Waals surface area contributed by atoms with Gasteiger partial charge in [-0.05, 0) is 24.1 Å². The summed E-state index contributed by atoms with van der Waals surface area (Å²) in [7, 11) is -3.46. The average molecular weight is 341 g/mol. The van der Waals surface area contributed by atoms with Gasteiger partial charge in [0.15, 0.2) is 0 Å². The molecule has 0 spiro atoms. The summed E-state index contributed by atoms with van der Waals surface area (Å²) in [4.78, 5) is 23.1. The molecule has 23 heavy (non-hydrogen) atoms. The molecular formula is C15H23N3O4S. The van der Waals surface area contributed by atoms with Crippen LogP contribution in [0.3, 0.4) is 0 Å². The molecule has 1 rings (SSSR count). The van der Waals surface area contributed by atoms with Gasteiger partial charge in [-0.2, -0.15) is 4.31 Å². The van der Waals surface area contributed by atoms with Crippen molar-refractivity contribution in [3.05, 3.63) is 24.3 Å². The first-order valence-corrected chi connectivity index (χ1v) is 9.05. The standard InChI is InChI=1S/C15H23N3O4S/c1-11(2)9-18(23(4,21)22)10-15(20)17-14-7-5-6-13(8-14)16-12(3)19/h5-8,11H,9-10H2,1-4H3,(H,16,19)(H,17,20). The van der Waals surface area contributed by atoms with E-state index in [9.17, 15) is 18.0 Å². The van der Waals surface area contributed by atoms with E-state index in [1.165, 1.54) is 6.92 Å². The van der Waals surface area contributed by atoms with Crippen LogP contribution in [0.2, 0.25) is 0 Å². The maximum Gasteiger partial charge on any atom is 0.239 e. The van der Waals surface area contributed by atoms with Crippen LogP contribution in [-0.2, 0) is 19.6 Å². The van der Waals surface area contributed by atoms with Crippen molar-refractivity contribution in [2.45, 2.75) is 20.8 Å². The number of amides is 2. The molecule has 2 amide bonds. The summed E-state index contributed by atoms with van der Waals surface area (Å²) in [5.74, 6) is -0.537. The van der Waals surface area contributed by atoms with Gasteiger partial charge in [-0.1, -0.05) is 19.9 Å². The summed E-state index contributed by atoms with van der Waals surface area (Å²) >= 11 is 0. The third-order valence-electron chi connectivity index (χ3n) is 2.82. The van der Waals surface area contributed by atoms with Crippen LogP contribution in [0.5, 0.6) is 0 Å². The highest BCUT2D eigenvalue weighted by atomic mass is 32.2. The highest BCUT2D eigenvalue weighted by molar-refractivity contribution is 7.88. The lowest BCUT2D eigenvalue weighted by Gasteiger charge is -2.21. The molecule has 7 nitrogen and oxygen atoms in total. The van der Waals surface area contributed by atoms with Crippen molar-refractivity contribution in [2.24, 2.45) is 5.92 Å².